The molecule has 1 aliphatic rings. The van der Waals surface area contributed by atoms with Gasteiger partial charge in [-0.15, -0.1) is 0 Å². The van der Waals surface area contributed by atoms with E-state index in [2.05, 4.69) is 29.0 Å². The van der Waals surface area contributed by atoms with Gasteiger partial charge >= 0.3 is 5.69 Å². The summed E-state index contributed by atoms with van der Waals surface area (Å²) in [6, 6.07) is 1.61. The van der Waals surface area contributed by atoms with E-state index in [4.69, 9.17) is 4.74 Å². The second-order valence-corrected chi connectivity index (χ2v) is 6.05. The van der Waals surface area contributed by atoms with E-state index in [9.17, 15) is 14.4 Å². The highest BCUT2D eigenvalue weighted by atomic mass is 16.5. The first-order chi connectivity index (χ1) is 10.9. The van der Waals surface area contributed by atoms with Gasteiger partial charge in [0.2, 0.25) is 5.91 Å². The molecule has 2 N–H and O–H groups in total. The van der Waals surface area contributed by atoms with Crippen molar-refractivity contribution in [2.75, 3.05) is 20.2 Å². The number of methoxy groups -OCH3 is 1. The fourth-order valence-corrected chi connectivity index (χ4v) is 2.72. The van der Waals surface area contributed by atoms with Gasteiger partial charge in [-0.25, -0.2) is 4.79 Å². The summed E-state index contributed by atoms with van der Waals surface area (Å²) in [7, 11) is 1.65. The van der Waals surface area contributed by atoms with Crippen LogP contribution >= 0.6 is 0 Å². The van der Waals surface area contributed by atoms with Crippen molar-refractivity contribution < 1.29 is 9.53 Å². The number of amides is 1. The largest absolute Gasteiger partial charge is 0.378 e. The minimum Gasteiger partial charge on any atom is -0.378 e. The van der Waals surface area contributed by atoms with Crippen molar-refractivity contribution in [2.24, 2.45) is 0 Å². The summed E-state index contributed by atoms with van der Waals surface area (Å²) in [6.45, 7) is 5.98. The Morgan fingerprint density at radius 2 is 2.17 bits per heavy atom. The maximum atomic E-state index is 12.1. The molecule has 8 heteroatoms. The predicted octanol–water partition coefficient (Wildman–Crippen LogP) is -0.849. The molecule has 0 radical (unpaired) electrons. The van der Waals surface area contributed by atoms with Gasteiger partial charge in [-0.1, -0.05) is 0 Å². The highest BCUT2D eigenvalue weighted by Gasteiger charge is 2.34. The molecule has 2 heterocycles. The average Bonchev–Trinajstić information content (AvgIpc) is 2.89. The van der Waals surface area contributed by atoms with E-state index in [1.807, 2.05) is 0 Å². The summed E-state index contributed by atoms with van der Waals surface area (Å²) in [4.78, 5) is 39.1. The van der Waals surface area contributed by atoms with Crippen LogP contribution in [0, 0.1) is 0 Å². The van der Waals surface area contributed by atoms with Crippen molar-refractivity contribution in [3.63, 3.8) is 0 Å². The van der Waals surface area contributed by atoms with Crippen LogP contribution in [0.25, 0.3) is 0 Å². The highest BCUT2D eigenvalue weighted by molar-refractivity contribution is 5.76. The molecule has 0 aliphatic carbocycles. The maximum absolute atomic E-state index is 12.1. The summed E-state index contributed by atoms with van der Waals surface area (Å²) in [6.07, 6.45) is 1.53. The molecule has 0 aromatic carbocycles. The number of aromatic nitrogens is 2. The zero-order chi connectivity index (χ0) is 17.0. The van der Waals surface area contributed by atoms with E-state index in [0.717, 1.165) is 13.1 Å². The molecule has 1 fully saturated rings. The zero-order valence-electron chi connectivity index (χ0n) is 13.7. The van der Waals surface area contributed by atoms with Crippen LogP contribution in [0.2, 0.25) is 0 Å². The summed E-state index contributed by atoms with van der Waals surface area (Å²) in [5, 5.41) is 2.97. The van der Waals surface area contributed by atoms with Crippen molar-refractivity contribution in [1.82, 2.24) is 19.8 Å². The molecule has 0 bridgehead atoms. The Balaban J connectivity index is 1.89. The normalized spacial score (nSPS) is 21.7. The molecule has 0 spiro atoms. The smallest absolute Gasteiger partial charge is 0.328 e. The van der Waals surface area contributed by atoms with E-state index in [-0.39, 0.29) is 31.0 Å². The molecule has 1 aromatic rings. The fourth-order valence-electron chi connectivity index (χ4n) is 2.72. The third-order valence-corrected chi connectivity index (χ3v) is 4.15. The molecule has 1 amide bonds. The van der Waals surface area contributed by atoms with Gasteiger partial charge in [0, 0.05) is 51.5 Å². The number of H-pyrrole nitrogens is 1. The Morgan fingerprint density at radius 3 is 2.78 bits per heavy atom. The van der Waals surface area contributed by atoms with Gasteiger partial charge in [-0.05, 0) is 13.8 Å². The molecule has 128 valence electrons. The minimum absolute atomic E-state index is 0.0304. The van der Waals surface area contributed by atoms with Gasteiger partial charge in [-0.3, -0.25) is 19.5 Å². The number of ether oxygens (including phenoxy) is 1. The van der Waals surface area contributed by atoms with E-state index in [1.54, 1.807) is 7.11 Å². The Hall–Kier alpha value is -1.93. The van der Waals surface area contributed by atoms with Crippen LogP contribution in [0.5, 0.6) is 0 Å². The molecule has 1 saturated heterocycles. The summed E-state index contributed by atoms with van der Waals surface area (Å²) < 4.78 is 6.76. The summed E-state index contributed by atoms with van der Waals surface area (Å²) in [5.41, 5.74) is -0.953. The molecule has 8 nitrogen and oxygen atoms in total. The zero-order valence-corrected chi connectivity index (χ0v) is 13.7. The Morgan fingerprint density at radius 1 is 1.43 bits per heavy atom. The fraction of sp³-hybridized carbons (Fsp3) is 0.667. The Labute approximate surface area is 134 Å². The van der Waals surface area contributed by atoms with E-state index in [1.165, 1.54) is 16.8 Å². The van der Waals surface area contributed by atoms with Crippen LogP contribution in [0.3, 0.4) is 0 Å². The molecule has 2 atom stereocenters. The number of nitrogens with one attached hydrogen (secondary N) is 2. The van der Waals surface area contributed by atoms with Crippen LogP contribution in [-0.4, -0.2) is 58.7 Å². The second-order valence-electron chi connectivity index (χ2n) is 6.05. The first-order valence-corrected chi connectivity index (χ1v) is 7.76. The summed E-state index contributed by atoms with van der Waals surface area (Å²) >= 11 is 0. The van der Waals surface area contributed by atoms with E-state index in [0.29, 0.717) is 6.04 Å². The molecule has 1 aromatic heterocycles. The van der Waals surface area contributed by atoms with Gasteiger partial charge < -0.3 is 14.6 Å². The van der Waals surface area contributed by atoms with Crippen molar-refractivity contribution in [3.8, 4) is 0 Å². The van der Waals surface area contributed by atoms with Crippen molar-refractivity contribution in [2.45, 2.75) is 45.0 Å². The van der Waals surface area contributed by atoms with Gasteiger partial charge in [-0.2, -0.15) is 0 Å². The Bertz CT molecular complexity index is 651. The third kappa shape index (κ3) is 4.52. The summed E-state index contributed by atoms with van der Waals surface area (Å²) in [5.74, 6) is -0.138. The standard InChI is InChI=1S/C15H24N4O4/c1-10(2)19-8-11(12(9-19)23-3)16-13(20)4-6-18-7-5-14(21)17-15(18)22/h5,7,10-12H,4,6,8-9H2,1-3H3,(H,16,20)(H,17,21,22)/t11-,12-/m0/s1. The first kappa shape index (κ1) is 17.4. The van der Waals surface area contributed by atoms with Crippen molar-refractivity contribution >= 4 is 5.91 Å². The number of aromatic amines is 1. The lowest BCUT2D eigenvalue weighted by Gasteiger charge is -2.20. The van der Waals surface area contributed by atoms with Gasteiger partial charge in [0.1, 0.15) is 0 Å². The molecular weight excluding hydrogens is 300 g/mol. The molecule has 2 rings (SSSR count). The third-order valence-electron chi connectivity index (χ3n) is 4.15. The quantitative estimate of drug-likeness (QED) is 0.711. The van der Waals surface area contributed by atoms with Crippen LogP contribution in [0.15, 0.2) is 21.9 Å². The maximum Gasteiger partial charge on any atom is 0.328 e. The van der Waals surface area contributed by atoms with Gasteiger partial charge in [0.15, 0.2) is 0 Å². The number of hydrogen-bond donors (Lipinski definition) is 2. The molecule has 0 saturated carbocycles. The number of carbonyl (C=O) groups is 1. The second kappa shape index (κ2) is 7.56. The van der Waals surface area contributed by atoms with Crippen molar-refractivity contribution in [3.05, 3.63) is 33.1 Å². The number of nitrogens with zero attached hydrogens (tertiary/aromatic N) is 2. The van der Waals surface area contributed by atoms with Crippen LogP contribution in [0.1, 0.15) is 20.3 Å². The average molecular weight is 324 g/mol. The lowest BCUT2D eigenvalue weighted by molar-refractivity contribution is -0.122. The number of aryl methyl sites for hydroxylation is 1. The van der Waals surface area contributed by atoms with Gasteiger partial charge in [0.25, 0.3) is 5.56 Å². The highest BCUT2D eigenvalue weighted by Crippen LogP contribution is 2.15. The molecular formula is C15H24N4O4. The van der Waals surface area contributed by atoms with Crippen LogP contribution < -0.4 is 16.6 Å². The van der Waals surface area contributed by atoms with E-state index < -0.39 is 11.2 Å². The predicted molar refractivity (Wildman–Crippen MR) is 85.4 cm³/mol. The molecule has 0 unspecified atom stereocenters. The molecule has 23 heavy (non-hydrogen) atoms. The number of rotatable bonds is 6. The minimum atomic E-state index is -0.507. The topological polar surface area (TPSA) is 96.4 Å². The molecule has 1 aliphatic heterocycles. The monoisotopic (exact) mass is 324 g/mol. The van der Waals surface area contributed by atoms with Crippen molar-refractivity contribution in [1.29, 1.82) is 0 Å². The lowest BCUT2D eigenvalue weighted by atomic mass is 10.2. The number of hydrogen-bond acceptors (Lipinski definition) is 5. The SMILES string of the molecule is CO[C@H]1CN(C(C)C)C[C@@H]1NC(=O)CCn1ccc(=O)[nH]c1=O. The van der Waals surface area contributed by atoms with Gasteiger partial charge in [0.05, 0.1) is 12.1 Å². The first-order valence-electron chi connectivity index (χ1n) is 7.76. The Kier molecular flexibility index (Phi) is 5.73. The van der Waals surface area contributed by atoms with E-state index >= 15 is 0 Å². The van der Waals surface area contributed by atoms with Crippen LogP contribution in [0.4, 0.5) is 0 Å². The number of likely N-dealkylation sites (tertiary alicyclic amines) is 1. The van der Waals surface area contributed by atoms with Crippen LogP contribution in [-0.2, 0) is 16.1 Å². The lowest BCUT2D eigenvalue weighted by Crippen LogP contribution is -2.44. The number of carbonyl (C=O) groups excluding carboxylic acids is 1.